The number of hydrogen-bond donors (Lipinski definition) is 0. The average molecular weight is 507 g/mol. The Hall–Kier alpha value is -2.70. The molecular weight excluding hydrogens is 472 g/mol. The highest BCUT2D eigenvalue weighted by Crippen LogP contribution is 2.38. The van der Waals surface area contributed by atoms with Crippen LogP contribution in [0.3, 0.4) is 0 Å². The number of hydrogen-bond acceptors (Lipinski definition) is 3. The van der Waals surface area contributed by atoms with Crippen molar-refractivity contribution in [3.63, 3.8) is 0 Å². The molecule has 0 heterocycles. The van der Waals surface area contributed by atoms with Crippen LogP contribution in [-0.4, -0.2) is 19.8 Å². The topological polar surface area (TPSA) is 27.7 Å². The SMILES string of the molecule is CCOc1ccc(OCC2C=CC(COc3ccc(C4CCC(C)CC4)c(F)c3F)CC2)c(F)c1F. The summed E-state index contributed by atoms with van der Waals surface area (Å²) in [6.07, 6.45) is 9.26. The molecule has 36 heavy (non-hydrogen) atoms. The normalized spacial score (nSPS) is 23.9. The highest BCUT2D eigenvalue weighted by Gasteiger charge is 2.26. The third kappa shape index (κ3) is 6.16. The third-order valence-electron chi connectivity index (χ3n) is 7.31. The van der Waals surface area contributed by atoms with Crippen molar-refractivity contribution in [2.75, 3.05) is 19.8 Å². The van der Waals surface area contributed by atoms with Gasteiger partial charge >= 0.3 is 0 Å². The molecule has 196 valence electrons. The minimum atomic E-state index is -1.06. The molecule has 0 aromatic heterocycles. The molecule has 7 heteroatoms. The van der Waals surface area contributed by atoms with Crippen LogP contribution in [0.5, 0.6) is 17.2 Å². The van der Waals surface area contributed by atoms with E-state index in [1.807, 2.05) is 12.2 Å². The van der Waals surface area contributed by atoms with Gasteiger partial charge in [-0.25, -0.2) is 4.39 Å². The van der Waals surface area contributed by atoms with Crippen molar-refractivity contribution >= 4 is 0 Å². The fraction of sp³-hybridized carbons (Fsp3) is 0.517. The van der Waals surface area contributed by atoms with Gasteiger partial charge < -0.3 is 14.2 Å². The van der Waals surface area contributed by atoms with Gasteiger partial charge in [0.1, 0.15) is 0 Å². The van der Waals surface area contributed by atoms with Crippen LogP contribution in [0.4, 0.5) is 17.6 Å². The molecule has 1 fully saturated rings. The lowest BCUT2D eigenvalue weighted by Gasteiger charge is -2.27. The van der Waals surface area contributed by atoms with Gasteiger partial charge in [-0.3, -0.25) is 0 Å². The zero-order valence-corrected chi connectivity index (χ0v) is 20.9. The number of ether oxygens (including phenoxy) is 3. The van der Waals surface area contributed by atoms with E-state index in [0.29, 0.717) is 11.5 Å². The molecule has 2 aromatic carbocycles. The highest BCUT2D eigenvalue weighted by atomic mass is 19.2. The van der Waals surface area contributed by atoms with Gasteiger partial charge in [-0.1, -0.05) is 38.0 Å². The van der Waals surface area contributed by atoms with Crippen LogP contribution in [0.25, 0.3) is 0 Å². The smallest absolute Gasteiger partial charge is 0.204 e. The molecule has 0 radical (unpaired) electrons. The predicted octanol–water partition coefficient (Wildman–Crippen LogP) is 7.98. The Morgan fingerprint density at radius 2 is 1.11 bits per heavy atom. The lowest BCUT2D eigenvalue weighted by Crippen LogP contribution is -2.20. The lowest BCUT2D eigenvalue weighted by atomic mass is 9.79. The minimum Gasteiger partial charge on any atom is -0.491 e. The van der Waals surface area contributed by atoms with E-state index in [0.717, 1.165) is 38.5 Å². The van der Waals surface area contributed by atoms with E-state index in [1.54, 1.807) is 19.1 Å². The van der Waals surface area contributed by atoms with E-state index in [9.17, 15) is 17.6 Å². The Bertz CT molecular complexity index is 1060. The average Bonchev–Trinajstić information content (AvgIpc) is 2.89. The second-order valence-electron chi connectivity index (χ2n) is 9.96. The van der Waals surface area contributed by atoms with Crippen molar-refractivity contribution in [2.45, 2.75) is 58.3 Å². The monoisotopic (exact) mass is 506 g/mol. The summed E-state index contributed by atoms with van der Waals surface area (Å²) in [7, 11) is 0. The van der Waals surface area contributed by atoms with Crippen LogP contribution in [0, 0.1) is 41.0 Å². The van der Waals surface area contributed by atoms with Crippen LogP contribution in [0.2, 0.25) is 0 Å². The van der Waals surface area contributed by atoms with Gasteiger partial charge in [-0.05, 0) is 68.2 Å². The summed E-state index contributed by atoms with van der Waals surface area (Å²) in [6.45, 7) is 4.57. The molecule has 0 aliphatic heterocycles. The number of benzene rings is 2. The molecule has 0 amide bonds. The summed E-state index contributed by atoms with van der Waals surface area (Å²) in [5, 5.41) is 0. The number of rotatable bonds is 9. The summed E-state index contributed by atoms with van der Waals surface area (Å²) >= 11 is 0. The van der Waals surface area contributed by atoms with Gasteiger partial charge in [0.2, 0.25) is 17.5 Å². The summed E-state index contributed by atoms with van der Waals surface area (Å²) in [4.78, 5) is 0. The molecule has 2 unspecified atom stereocenters. The second-order valence-corrected chi connectivity index (χ2v) is 9.96. The summed E-state index contributed by atoms with van der Waals surface area (Å²) < 4.78 is 73.9. The Balaban J connectivity index is 1.27. The summed E-state index contributed by atoms with van der Waals surface area (Å²) in [6, 6.07) is 5.92. The highest BCUT2D eigenvalue weighted by molar-refractivity contribution is 5.35. The van der Waals surface area contributed by atoms with E-state index in [4.69, 9.17) is 14.2 Å². The van der Waals surface area contributed by atoms with E-state index < -0.39 is 23.3 Å². The molecular formula is C29H34F4O3. The first kappa shape index (κ1) is 26.4. The van der Waals surface area contributed by atoms with Gasteiger partial charge in [-0.2, -0.15) is 13.2 Å². The van der Waals surface area contributed by atoms with Crippen molar-refractivity contribution in [3.05, 3.63) is 65.2 Å². The van der Waals surface area contributed by atoms with Crippen LogP contribution < -0.4 is 14.2 Å². The molecule has 2 atom stereocenters. The Kier molecular flexibility index (Phi) is 8.81. The fourth-order valence-corrected chi connectivity index (χ4v) is 5.04. The Morgan fingerprint density at radius 1 is 0.639 bits per heavy atom. The van der Waals surface area contributed by atoms with Crippen molar-refractivity contribution in [2.24, 2.45) is 17.8 Å². The van der Waals surface area contributed by atoms with E-state index >= 15 is 0 Å². The molecule has 0 saturated heterocycles. The van der Waals surface area contributed by atoms with Crippen molar-refractivity contribution < 1.29 is 31.8 Å². The maximum Gasteiger partial charge on any atom is 0.204 e. The first-order valence-electron chi connectivity index (χ1n) is 12.9. The molecule has 2 aromatic rings. The second kappa shape index (κ2) is 12.0. The Morgan fingerprint density at radius 3 is 1.61 bits per heavy atom. The van der Waals surface area contributed by atoms with Gasteiger partial charge in [0.25, 0.3) is 0 Å². The van der Waals surface area contributed by atoms with Gasteiger partial charge in [0.05, 0.1) is 19.8 Å². The summed E-state index contributed by atoms with van der Waals surface area (Å²) in [5.41, 5.74) is 0.455. The van der Waals surface area contributed by atoms with Crippen LogP contribution in [0.1, 0.15) is 63.9 Å². The molecule has 0 bridgehead atoms. The lowest BCUT2D eigenvalue weighted by molar-refractivity contribution is 0.215. The molecule has 1 saturated carbocycles. The van der Waals surface area contributed by atoms with Gasteiger partial charge in [0, 0.05) is 11.8 Å². The van der Waals surface area contributed by atoms with Crippen LogP contribution >= 0.6 is 0 Å². The van der Waals surface area contributed by atoms with Crippen LogP contribution in [0.15, 0.2) is 36.4 Å². The minimum absolute atomic E-state index is 0.0296. The predicted molar refractivity (Wildman–Crippen MR) is 131 cm³/mol. The zero-order valence-electron chi connectivity index (χ0n) is 20.9. The van der Waals surface area contributed by atoms with Gasteiger partial charge in [0.15, 0.2) is 23.1 Å². The molecule has 2 aliphatic carbocycles. The third-order valence-corrected chi connectivity index (χ3v) is 7.31. The van der Waals surface area contributed by atoms with E-state index in [-0.39, 0.29) is 54.8 Å². The van der Waals surface area contributed by atoms with E-state index in [1.165, 1.54) is 12.1 Å². The fourth-order valence-electron chi connectivity index (χ4n) is 5.04. The van der Waals surface area contributed by atoms with Crippen molar-refractivity contribution in [3.8, 4) is 17.2 Å². The first-order valence-corrected chi connectivity index (χ1v) is 12.9. The molecule has 0 spiro atoms. The summed E-state index contributed by atoms with van der Waals surface area (Å²) in [5.74, 6) is -3.40. The van der Waals surface area contributed by atoms with Crippen molar-refractivity contribution in [1.82, 2.24) is 0 Å². The molecule has 2 aliphatic rings. The Labute approximate surface area is 210 Å². The first-order chi connectivity index (χ1) is 17.4. The quantitative estimate of drug-likeness (QED) is 0.255. The molecule has 0 N–H and O–H groups in total. The molecule has 4 rings (SSSR count). The van der Waals surface area contributed by atoms with Gasteiger partial charge in [-0.15, -0.1) is 0 Å². The van der Waals surface area contributed by atoms with Crippen molar-refractivity contribution in [1.29, 1.82) is 0 Å². The van der Waals surface area contributed by atoms with Crippen LogP contribution in [-0.2, 0) is 0 Å². The maximum atomic E-state index is 14.8. The molecule has 3 nitrogen and oxygen atoms in total. The largest absolute Gasteiger partial charge is 0.491 e. The number of halogens is 4. The maximum absolute atomic E-state index is 14.8. The van der Waals surface area contributed by atoms with E-state index in [2.05, 4.69) is 6.92 Å². The standard InChI is InChI=1S/C29H34F4O3/c1-3-34-23-14-15-25(29(33)28(23)32)36-17-20-8-6-19(7-9-20)16-35-24-13-12-22(26(30)27(24)31)21-10-4-18(2)5-11-21/h6,8,12-15,18-21H,3-5,7,9-11,16-17H2,1-2H3. The zero-order chi connectivity index (χ0) is 25.7.